The molecule has 0 spiro atoms. The number of carbonyl (C=O) groups excluding carboxylic acids is 1. The predicted octanol–water partition coefficient (Wildman–Crippen LogP) is 3.28. The number of amides is 1. The summed E-state index contributed by atoms with van der Waals surface area (Å²) in [6.45, 7) is 3.89. The Morgan fingerprint density at radius 1 is 1.25 bits per heavy atom. The molecular formula is C16H23NO3. The Kier molecular flexibility index (Phi) is 4.88. The molecule has 0 unspecified atom stereocenters. The van der Waals surface area contributed by atoms with Crippen molar-refractivity contribution in [1.82, 2.24) is 0 Å². The number of carbonyl (C=O) groups is 1. The Morgan fingerprint density at radius 3 is 2.55 bits per heavy atom. The molecule has 0 saturated heterocycles. The first-order valence-electron chi connectivity index (χ1n) is 7.34. The van der Waals surface area contributed by atoms with Crippen molar-refractivity contribution in [3.63, 3.8) is 0 Å². The van der Waals surface area contributed by atoms with Gasteiger partial charge in [-0.05, 0) is 51.7 Å². The van der Waals surface area contributed by atoms with Crippen LogP contribution in [0, 0.1) is 0 Å². The zero-order chi connectivity index (χ0) is 14.5. The maximum Gasteiger partial charge on any atom is 0.252 e. The van der Waals surface area contributed by atoms with Crippen LogP contribution in [0.3, 0.4) is 0 Å². The molecule has 0 heterocycles. The van der Waals surface area contributed by atoms with E-state index >= 15 is 0 Å². The second kappa shape index (κ2) is 6.64. The molecule has 1 aliphatic carbocycles. The molecule has 1 fully saturated rings. The number of hydrogen-bond acceptors (Lipinski definition) is 3. The van der Waals surface area contributed by atoms with E-state index in [1.165, 1.54) is 19.3 Å². The summed E-state index contributed by atoms with van der Waals surface area (Å²) in [6, 6.07) is 5.28. The van der Waals surface area contributed by atoms with E-state index in [0.717, 1.165) is 12.8 Å². The van der Waals surface area contributed by atoms with E-state index in [2.05, 4.69) is 0 Å². The Hall–Kier alpha value is -1.71. The third-order valence-electron chi connectivity index (χ3n) is 3.44. The lowest BCUT2D eigenvalue weighted by Gasteiger charge is -2.25. The molecule has 0 aliphatic heterocycles. The molecule has 1 saturated carbocycles. The Bertz CT molecular complexity index is 465. The summed E-state index contributed by atoms with van der Waals surface area (Å²) in [5, 5.41) is 0. The molecule has 1 aromatic carbocycles. The van der Waals surface area contributed by atoms with Crippen LogP contribution in [0.2, 0.25) is 0 Å². The summed E-state index contributed by atoms with van der Waals surface area (Å²) in [4.78, 5) is 11.6. The minimum atomic E-state index is -0.481. The number of rotatable bonds is 5. The van der Waals surface area contributed by atoms with Gasteiger partial charge in [-0.25, -0.2) is 0 Å². The lowest BCUT2D eigenvalue weighted by atomic mass is 9.97. The molecule has 20 heavy (non-hydrogen) atoms. The zero-order valence-corrected chi connectivity index (χ0v) is 12.2. The van der Waals surface area contributed by atoms with Crippen molar-refractivity contribution in [1.29, 1.82) is 0 Å². The molecule has 0 bridgehead atoms. The van der Waals surface area contributed by atoms with Crippen molar-refractivity contribution in [2.45, 2.75) is 58.2 Å². The van der Waals surface area contributed by atoms with E-state index in [0.29, 0.717) is 17.1 Å². The van der Waals surface area contributed by atoms with Crippen molar-refractivity contribution in [2.24, 2.45) is 5.73 Å². The lowest BCUT2D eigenvalue weighted by Crippen LogP contribution is -2.23. The van der Waals surface area contributed by atoms with Crippen molar-refractivity contribution >= 4 is 5.91 Å². The predicted molar refractivity (Wildman–Crippen MR) is 78.2 cm³/mol. The number of ether oxygens (including phenoxy) is 2. The van der Waals surface area contributed by atoms with Crippen molar-refractivity contribution < 1.29 is 14.3 Å². The molecule has 1 aromatic rings. The van der Waals surface area contributed by atoms with E-state index in [9.17, 15) is 4.79 Å². The monoisotopic (exact) mass is 277 g/mol. The van der Waals surface area contributed by atoms with Crippen LogP contribution < -0.4 is 15.2 Å². The highest BCUT2D eigenvalue weighted by molar-refractivity contribution is 5.96. The second-order valence-electron chi connectivity index (χ2n) is 5.54. The average molecular weight is 277 g/mol. The first-order valence-corrected chi connectivity index (χ1v) is 7.34. The van der Waals surface area contributed by atoms with Gasteiger partial charge < -0.3 is 15.2 Å². The minimum Gasteiger partial charge on any atom is -0.487 e. The topological polar surface area (TPSA) is 61.5 Å². The molecule has 4 heteroatoms. The molecule has 2 rings (SSSR count). The number of nitrogens with two attached hydrogens (primary N) is 1. The highest BCUT2D eigenvalue weighted by Crippen LogP contribution is 2.35. The Labute approximate surface area is 120 Å². The number of hydrogen-bond donors (Lipinski definition) is 1. The van der Waals surface area contributed by atoms with Crippen molar-refractivity contribution in [3.8, 4) is 11.5 Å². The van der Waals surface area contributed by atoms with E-state index in [4.69, 9.17) is 15.2 Å². The minimum absolute atomic E-state index is 0.0202. The molecule has 1 aliphatic rings. The fourth-order valence-corrected chi connectivity index (χ4v) is 2.53. The van der Waals surface area contributed by atoms with E-state index in [1.807, 2.05) is 19.9 Å². The second-order valence-corrected chi connectivity index (χ2v) is 5.54. The van der Waals surface area contributed by atoms with Crippen molar-refractivity contribution in [2.75, 3.05) is 0 Å². The van der Waals surface area contributed by atoms with Crippen LogP contribution in [0.5, 0.6) is 11.5 Å². The molecule has 0 aromatic heterocycles. The van der Waals surface area contributed by atoms with Crippen LogP contribution >= 0.6 is 0 Å². The third kappa shape index (κ3) is 3.65. The summed E-state index contributed by atoms with van der Waals surface area (Å²) in [5.41, 5.74) is 5.84. The van der Waals surface area contributed by atoms with Gasteiger partial charge in [0.2, 0.25) is 0 Å². The SMILES string of the molecule is CC(C)Oc1cccc(C(N)=O)c1OC1CCCCC1. The van der Waals surface area contributed by atoms with Gasteiger partial charge in [0.1, 0.15) is 0 Å². The standard InChI is InChI=1S/C16H23NO3/c1-11(2)19-14-10-6-9-13(16(17)18)15(14)20-12-7-4-3-5-8-12/h6,9-12H,3-5,7-8H2,1-2H3,(H2,17,18). The van der Waals surface area contributed by atoms with Crippen LogP contribution in [0.1, 0.15) is 56.3 Å². The fraction of sp³-hybridized carbons (Fsp3) is 0.562. The van der Waals surface area contributed by atoms with Gasteiger partial charge in [0, 0.05) is 0 Å². The molecule has 4 nitrogen and oxygen atoms in total. The van der Waals surface area contributed by atoms with Gasteiger partial charge in [0.05, 0.1) is 17.8 Å². The summed E-state index contributed by atoms with van der Waals surface area (Å²) >= 11 is 0. The average Bonchev–Trinajstić information content (AvgIpc) is 2.41. The van der Waals surface area contributed by atoms with Crippen LogP contribution in [0.4, 0.5) is 0 Å². The number of benzene rings is 1. The number of para-hydroxylation sites is 1. The summed E-state index contributed by atoms with van der Waals surface area (Å²) in [5.74, 6) is 0.618. The fourth-order valence-electron chi connectivity index (χ4n) is 2.53. The van der Waals surface area contributed by atoms with Gasteiger partial charge in [-0.15, -0.1) is 0 Å². The van der Waals surface area contributed by atoms with Crippen molar-refractivity contribution in [3.05, 3.63) is 23.8 Å². The molecular weight excluding hydrogens is 254 g/mol. The smallest absolute Gasteiger partial charge is 0.252 e. The van der Waals surface area contributed by atoms with Crippen LogP contribution in [-0.2, 0) is 0 Å². The first-order chi connectivity index (χ1) is 9.58. The lowest BCUT2D eigenvalue weighted by molar-refractivity contribution is 0.0982. The third-order valence-corrected chi connectivity index (χ3v) is 3.44. The number of primary amides is 1. The Balaban J connectivity index is 2.27. The van der Waals surface area contributed by atoms with Gasteiger partial charge in [0.25, 0.3) is 5.91 Å². The quantitative estimate of drug-likeness (QED) is 0.898. The Morgan fingerprint density at radius 2 is 1.95 bits per heavy atom. The highest BCUT2D eigenvalue weighted by Gasteiger charge is 2.21. The maximum atomic E-state index is 11.6. The van der Waals surface area contributed by atoms with Gasteiger partial charge in [0.15, 0.2) is 11.5 Å². The highest BCUT2D eigenvalue weighted by atomic mass is 16.5. The molecule has 0 atom stereocenters. The molecule has 2 N–H and O–H groups in total. The largest absolute Gasteiger partial charge is 0.487 e. The van der Waals surface area contributed by atoms with Crippen LogP contribution in [0.15, 0.2) is 18.2 Å². The van der Waals surface area contributed by atoms with Gasteiger partial charge in [-0.3, -0.25) is 4.79 Å². The normalized spacial score (nSPS) is 16.1. The molecule has 110 valence electrons. The summed E-state index contributed by atoms with van der Waals surface area (Å²) in [6.07, 6.45) is 5.81. The van der Waals surface area contributed by atoms with Gasteiger partial charge in [-0.1, -0.05) is 12.5 Å². The summed E-state index contributed by atoms with van der Waals surface area (Å²) in [7, 11) is 0. The van der Waals surface area contributed by atoms with Crippen LogP contribution in [0.25, 0.3) is 0 Å². The molecule has 0 radical (unpaired) electrons. The van der Waals surface area contributed by atoms with E-state index in [1.54, 1.807) is 12.1 Å². The van der Waals surface area contributed by atoms with Crippen LogP contribution in [-0.4, -0.2) is 18.1 Å². The van der Waals surface area contributed by atoms with E-state index < -0.39 is 5.91 Å². The first kappa shape index (κ1) is 14.7. The van der Waals surface area contributed by atoms with Gasteiger partial charge >= 0.3 is 0 Å². The zero-order valence-electron chi connectivity index (χ0n) is 12.2. The summed E-state index contributed by atoms with van der Waals surface area (Å²) < 4.78 is 11.8. The molecule has 1 amide bonds. The maximum absolute atomic E-state index is 11.6. The van der Waals surface area contributed by atoms with Gasteiger partial charge in [-0.2, -0.15) is 0 Å². The van der Waals surface area contributed by atoms with E-state index in [-0.39, 0.29) is 12.2 Å².